The second-order valence-corrected chi connectivity index (χ2v) is 8.26. The van der Waals surface area contributed by atoms with Crippen LogP contribution in [0, 0.1) is 0 Å². The Hall–Kier alpha value is -3.01. The van der Waals surface area contributed by atoms with Crippen molar-refractivity contribution in [3.63, 3.8) is 0 Å². The molecule has 3 aromatic rings. The van der Waals surface area contributed by atoms with E-state index in [2.05, 4.69) is 20.7 Å². The first kappa shape index (κ1) is 22.7. The summed E-state index contributed by atoms with van der Waals surface area (Å²) in [6.07, 6.45) is 0.969. The van der Waals surface area contributed by atoms with E-state index < -0.39 is 16.8 Å². The SMILES string of the molecule is CC(C)(NC(=S)NC(=O)c1ccccc1)c1c(Cl)cc(-n2ncc(=O)[nH]c2=O)cc1Cl. The lowest BCUT2D eigenvalue weighted by Gasteiger charge is -2.30. The van der Waals surface area contributed by atoms with E-state index in [9.17, 15) is 14.4 Å². The van der Waals surface area contributed by atoms with Crippen molar-refractivity contribution in [2.45, 2.75) is 19.4 Å². The van der Waals surface area contributed by atoms with E-state index >= 15 is 0 Å². The van der Waals surface area contributed by atoms with Gasteiger partial charge in [-0.2, -0.15) is 9.78 Å². The molecule has 0 bridgehead atoms. The number of thiocarbonyl (C=S) groups is 1. The fraction of sp³-hybridized carbons (Fsp3) is 0.150. The van der Waals surface area contributed by atoms with Gasteiger partial charge in [0.25, 0.3) is 11.5 Å². The van der Waals surface area contributed by atoms with Crippen LogP contribution >= 0.6 is 35.4 Å². The highest BCUT2D eigenvalue weighted by atomic mass is 35.5. The first-order valence-electron chi connectivity index (χ1n) is 8.95. The smallest absolute Gasteiger partial charge is 0.349 e. The predicted octanol–water partition coefficient (Wildman–Crippen LogP) is 2.77. The molecule has 0 radical (unpaired) electrons. The summed E-state index contributed by atoms with van der Waals surface area (Å²) in [6.45, 7) is 3.57. The minimum Gasteiger partial charge on any atom is -0.353 e. The van der Waals surface area contributed by atoms with E-state index in [0.29, 0.717) is 11.1 Å². The molecule has 1 heterocycles. The molecule has 0 fully saturated rings. The molecule has 0 spiro atoms. The third-order valence-electron chi connectivity index (χ3n) is 4.30. The van der Waals surface area contributed by atoms with Gasteiger partial charge in [0.05, 0.1) is 11.2 Å². The number of hydrogen-bond acceptors (Lipinski definition) is 5. The molecule has 0 saturated carbocycles. The molecule has 0 aliphatic rings. The molecule has 2 aromatic carbocycles. The molecule has 3 rings (SSSR count). The number of aromatic amines is 1. The van der Waals surface area contributed by atoms with Gasteiger partial charge in [0.15, 0.2) is 5.11 Å². The van der Waals surface area contributed by atoms with E-state index in [1.54, 1.807) is 44.2 Å². The predicted molar refractivity (Wildman–Crippen MR) is 123 cm³/mol. The molecule has 0 atom stereocenters. The quantitative estimate of drug-likeness (QED) is 0.498. The lowest BCUT2D eigenvalue weighted by molar-refractivity contribution is 0.0976. The Balaban J connectivity index is 1.85. The van der Waals surface area contributed by atoms with Crippen LogP contribution in [-0.4, -0.2) is 25.8 Å². The zero-order valence-electron chi connectivity index (χ0n) is 16.4. The summed E-state index contributed by atoms with van der Waals surface area (Å²) in [4.78, 5) is 37.7. The molecule has 0 aliphatic carbocycles. The van der Waals surface area contributed by atoms with Crippen LogP contribution in [0.1, 0.15) is 29.8 Å². The van der Waals surface area contributed by atoms with Gasteiger partial charge in [-0.3, -0.25) is 19.9 Å². The first-order valence-corrected chi connectivity index (χ1v) is 10.1. The van der Waals surface area contributed by atoms with Crippen molar-refractivity contribution < 1.29 is 4.79 Å². The minimum absolute atomic E-state index is 0.0913. The number of halogens is 2. The Kier molecular flexibility index (Phi) is 6.59. The number of rotatable bonds is 4. The number of amides is 1. The van der Waals surface area contributed by atoms with E-state index in [-0.39, 0.29) is 26.8 Å². The zero-order valence-corrected chi connectivity index (χ0v) is 18.7. The van der Waals surface area contributed by atoms with E-state index in [0.717, 1.165) is 10.9 Å². The number of carbonyl (C=O) groups is 1. The number of hydrogen-bond donors (Lipinski definition) is 3. The summed E-state index contributed by atoms with van der Waals surface area (Å²) in [6, 6.07) is 11.6. The second kappa shape index (κ2) is 9.01. The van der Waals surface area contributed by atoms with Crippen molar-refractivity contribution in [1.82, 2.24) is 25.4 Å². The van der Waals surface area contributed by atoms with E-state index in [4.69, 9.17) is 35.4 Å². The molecule has 0 unspecified atom stereocenters. The number of H-pyrrole nitrogens is 1. The van der Waals surface area contributed by atoms with Crippen LogP contribution in [0.2, 0.25) is 10.0 Å². The minimum atomic E-state index is -0.878. The number of nitrogens with one attached hydrogen (secondary N) is 3. The molecular weight excluding hydrogens is 461 g/mol. The molecular formula is C20H17Cl2N5O3S. The van der Waals surface area contributed by atoms with Gasteiger partial charge in [-0.1, -0.05) is 41.4 Å². The van der Waals surface area contributed by atoms with Crippen LogP contribution in [0.4, 0.5) is 0 Å². The average Bonchev–Trinajstić information content (AvgIpc) is 2.67. The van der Waals surface area contributed by atoms with Gasteiger partial charge in [0.2, 0.25) is 0 Å². The molecule has 160 valence electrons. The Morgan fingerprint density at radius 1 is 1.13 bits per heavy atom. The summed E-state index contributed by atoms with van der Waals surface area (Å²) in [5.74, 6) is -0.357. The lowest BCUT2D eigenvalue weighted by Crippen LogP contribution is -2.48. The van der Waals surface area contributed by atoms with Gasteiger partial charge < -0.3 is 5.32 Å². The Bertz CT molecular complexity index is 1250. The van der Waals surface area contributed by atoms with Crippen molar-refractivity contribution in [1.29, 1.82) is 0 Å². The Labute approximate surface area is 192 Å². The maximum Gasteiger partial charge on any atom is 0.349 e. The van der Waals surface area contributed by atoms with Crippen LogP contribution in [0.15, 0.2) is 58.3 Å². The van der Waals surface area contributed by atoms with Gasteiger partial charge in [0, 0.05) is 21.2 Å². The van der Waals surface area contributed by atoms with Crippen LogP contribution in [0.5, 0.6) is 0 Å². The maximum atomic E-state index is 12.3. The summed E-state index contributed by atoms with van der Waals surface area (Å²) in [5, 5.41) is 10.00. The van der Waals surface area contributed by atoms with Gasteiger partial charge in [-0.05, 0) is 50.3 Å². The second-order valence-electron chi connectivity index (χ2n) is 7.03. The number of nitrogens with zero attached hydrogens (tertiary/aromatic N) is 2. The van der Waals surface area contributed by atoms with E-state index in [1.807, 2.05) is 0 Å². The molecule has 1 amide bonds. The van der Waals surface area contributed by atoms with Crippen molar-refractivity contribution in [3.8, 4) is 5.69 Å². The van der Waals surface area contributed by atoms with Crippen LogP contribution in [0.25, 0.3) is 5.69 Å². The van der Waals surface area contributed by atoms with E-state index in [1.165, 1.54) is 12.1 Å². The third-order valence-corrected chi connectivity index (χ3v) is 5.10. The molecule has 8 nitrogen and oxygen atoms in total. The number of aromatic nitrogens is 3. The van der Waals surface area contributed by atoms with Gasteiger partial charge >= 0.3 is 5.69 Å². The highest BCUT2D eigenvalue weighted by molar-refractivity contribution is 7.80. The highest BCUT2D eigenvalue weighted by Gasteiger charge is 2.28. The standard InChI is InChI=1S/C20H17Cl2N5O3S/c1-20(2,26-18(31)25-17(29)11-6-4-3-5-7-11)16-13(21)8-12(9-14(16)22)27-19(30)24-15(28)10-23-27/h3-10H,1-2H3,(H,24,28,30)(H2,25,26,29,31). The zero-order chi connectivity index (χ0) is 22.8. The van der Waals surface area contributed by atoms with Crippen molar-refractivity contribution in [2.75, 3.05) is 0 Å². The van der Waals surface area contributed by atoms with Crippen molar-refractivity contribution in [2.24, 2.45) is 0 Å². The monoisotopic (exact) mass is 477 g/mol. The number of benzene rings is 2. The molecule has 0 saturated heterocycles. The molecule has 3 N–H and O–H groups in total. The average molecular weight is 478 g/mol. The molecule has 31 heavy (non-hydrogen) atoms. The van der Waals surface area contributed by atoms with Crippen molar-refractivity contribution in [3.05, 3.63) is 90.7 Å². The normalized spacial score (nSPS) is 11.1. The fourth-order valence-electron chi connectivity index (χ4n) is 2.96. The van der Waals surface area contributed by atoms with Crippen LogP contribution in [-0.2, 0) is 5.54 Å². The molecule has 11 heteroatoms. The topological polar surface area (TPSA) is 109 Å². The van der Waals surface area contributed by atoms with Crippen LogP contribution < -0.4 is 21.9 Å². The Morgan fingerprint density at radius 3 is 2.32 bits per heavy atom. The van der Waals surface area contributed by atoms with Gasteiger partial charge in [-0.15, -0.1) is 0 Å². The van der Waals surface area contributed by atoms with Gasteiger partial charge in [-0.25, -0.2) is 4.79 Å². The molecule has 1 aromatic heterocycles. The van der Waals surface area contributed by atoms with Gasteiger partial charge in [0.1, 0.15) is 6.20 Å². The van der Waals surface area contributed by atoms with Crippen molar-refractivity contribution >= 4 is 46.4 Å². The Morgan fingerprint density at radius 2 is 1.74 bits per heavy atom. The van der Waals surface area contributed by atoms with Crippen LogP contribution in [0.3, 0.4) is 0 Å². The lowest BCUT2D eigenvalue weighted by atomic mass is 9.94. The summed E-state index contributed by atoms with van der Waals surface area (Å²) >= 11 is 18.2. The third kappa shape index (κ3) is 5.19. The molecule has 0 aliphatic heterocycles. The highest BCUT2D eigenvalue weighted by Crippen LogP contribution is 2.35. The first-order chi connectivity index (χ1) is 14.6. The largest absolute Gasteiger partial charge is 0.353 e. The number of carbonyl (C=O) groups excluding carboxylic acids is 1. The summed E-state index contributed by atoms with van der Waals surface area (Å²) in [7, 11) is 0. The maximum absolute atomic E-state index is 12.3. The summed E-state index contributed by atoms with van der Waals surface area (Å²) < 4.78 is 0.966. The fourth-order valence-corrected chi connectivity index (χ4v) is 4.25. The summed E-state index contributed by atoms with van der Waals surface area (Å²) in [5.41, 5.74) is -0.995.